The molecule has 0 amide bonds. The number of nitro groups is 1. The number of hydrogen-bond donors (Lipinski definition) is 1. The van der Waals surface area contributed by atoms with E-state index in [-0.39, 0.29) is 12.1 Å². The van der Waals surface area contributed by atoms with Gasteiger partial charge in [-0.15, -0.1) is 0 Å². The molecule has 0 atom stereocenters. The molecule has 0 aliphatic heterocycles. The molecule has 4 nitrogen and oxygen atoms in total. The summed E-state index contributed by atoms with van der Waals surface area (Å²) >= 11 is 0. The molecule has 0 aliphatic rings. The van der Waals surface area contributed by atoms with Crippen molar-refractivity contribution in [3.05, 3.63) is 69.5 Å². The summed E-state index contributed by atoms with van der Waals surface area (Å²) in [6.45, 7) is -0.129. The van der Waals surface area contributed by atoms with Gasteiger partial charge in [-0.1, -0.05) is 6.07 Å². The first-order valence-corrected chi connectivity index (χ1v) is 5.59. The van der Waals surface area contributed by atoms with Gasteiger partial charge in [0, 0.05) is 29.9 Å². The molecule has 7 heteroatoms. The van der Waals surface area contributed by atoms with Crippen LogP contribution in [0.5, 0.6) is 0 Å². The lowest BCUT2D eigenvalue weighted by Crippen LogP contribution is -2.04. The Morgan fingerprint density at radius 1 is 1.10 bits per heavy atom. The maximum absolute atomic E-state index is 13.5. The largest absolute Gasteiger partial charge is 0.381 e. The second-order valence-corrected chi connectivity index (χ2v) is 4.02. The molecule has 20 heavy (non-hydrogen) atoms. The zero-order valence-corrected chi connectivity index (χ0v) is 10.1. The van der Waals surface area contributed by atoms with Crippen LogP contribution in [0.1, 0.15) is 5.56 Å². The van der Waals surface area contributed by atoms with E-state index in [1.165, 1.54) is 18.2 Å². The lowest BCUT2D eigenvalue weighted by molar-refractivity contribution is -0.387. The highest BCUT2D eigenvalue weighted by Gasteiger charge is 2.18. The summed E-state index contributed by atoms with van der Waals surface area (Å²) < 4.78 is 39.6. The van der Waals surface area contributed by atoms with Gasteiger partial charge < -0.3 is 5.32 Å². The first-order valence-electron chi connectivity index (χ1n) is 5.59. The van der Waals surface area contributed by atoms with Crippen molar-refractivity contribution in [1.29, 1.82) is 0 Å². The summed E-state index contributed by atoms with van der Waals surface area (Å²) in [5.41, 5.74) is -0.499. The average molecular weight is 282 g/mol. The molecular weight excluding hydrogens is 273 g/mol. The van der Waals surface area contributed by atoms with Crippen LogP contribution in [0.4, 0.5) is 24.5 Å². The summed E-state index contributed by atoms with van der Waals surface area (Å²) in [6, 6.07) is 6.72. The van der Waals surface area contributed by atoms with Crippen molar-refractivity contribution in [1.82, 2.24) is 0 Å². The van der Waals surface area contributed by atoms with E-state index in [0.29, 0.717) is 11.8 Å². The fourth-order valence-corrected chi connectivity index (χ4v) is 1.65. The molecule has 2 aromatic carbocycles. The van der Waals surface area contributed by atoms with E-state index in [4.69, 9.17) is 0 Å². The number of halogens is 3. The van der Waals surface area contributed by atoms with Crippen molar-refractivity contribution in [3.8, 4) is 0 Å². The van der Waals surface area contributed by atoms with Gasteiger partial charge in [-0.2, -0.15) is 4.39 Å². The van der Waals surface area contributed by atoms with Gasteiger partial charge in [-0.05, 0) is 18.2 Å². The van der Waals surface area contributed by atoms with Crippen molar-refractivity contribution in [3.63, 3.8) is 0 Å². The SMILES string of the molecule is O=[N+]([O-])c1cc(CNc2cccc(F)c2)c(F)cc1F. The Balaban J connectivity index is 2.21. The summed E-state index contributed by atoms with van der Waals surface area (Å²) in [4.78, 5) is 9.65. The zero-order chi connectivity index (χ0) is 14.7. The van der Waals surface area contributed by atoms with E-state index in [1.54, 1.807) is 6.07 Å². The van der Waals surface area contributed by atoms with Crippen LogP contribution in [0.2, 0.25) is 0 Å². The fraction of sp³-hybridized carbons (Fsp3) is 0.0769. The first kappa shape index (κ1) is 13.9. The number of nitrogens with zero attached hydrogens (tertiary/aromatic N) is 1. The molecule has 0 aliphatic carbocycles. The molecule has 2 rings (SSSR count). The molecule has 0 unspecified atom stereocenters. The number of nitrogens with one attached hydrogen (secondary N) is 1. The third kappa shape index (κ3) is 3.05. The topological polar surface area (TPSA) is 55.2 Å². The molecule has 104 valence electrons. The van der Waals surface area contributed by atoms with E-state index in [2.05, 4.69) is 5.32 Å². The van der Waals surface area contributed by atoms with Crippen molar-refractivity contribution in [2.75, 3.05) is 5.32 Å². The van der Waals surface area contributed by atoms with Crippen LogP contribution >= 0.6 is 0 Å². The number of nitro benzene ring substituents is 1. The second kappa shape index (κ2) is 5.60. The summed E-state index contributed by atoms with van der Waals surface area (Å²) in [7, 11) is 0. The minimum Gasteiger partial charge on any atom is -0.381 e. The van der Waals surface area contributed by atoms with Gasteiger partial charge in [0.1, 0.15) is 11.6 Å². The standard InChI is InChI=1S/C13H9F3N2O2/c14-9-2-1-3-10(5-9)17-7-8-4-13(18(19)20)12(16)6-11(8)15/h1-6,17H,7H2. The van der Waals surface area contributed by atoms with E-state index in [1.807, 2.05) is 0 Å². The van der Waals surface area contributed by atoms with Crippen molar-refractivity contribution in [2.24, 2.45) is 0 Å². The Bertz CT molecular complexity index is 662. The summed E-state index contributed by atoms with van der Waals surface area (Å²) in [5.74, 6) is -2.61. The molecule has 0 aromatic heterocycles. The first-order chi connectivity index (χ1) is 9.47. The Kier molecular flexibility index (Phi) is 3.88. The van der Waals surface area contributed by atoms with Gasteiger partial charge in [0.2, 0.25) is 5.82 Å². The number of rotatable bonds is 4. The lowest BCUT2D eigenvalue weighted by Gasteiger charge is -2.08. The highest BCUT2D eigenvalue weighted by atomic mass is 19.1. The molecule has 2 aromatic rings. The maximum Gasteiger partial charge on any atom is 0.305 e. The Morgan fingerprint density at radius 2 is 1.85 bits per heavy atom. The monoisotopic (exact) mass is 282 g/mol. The Hall–Kier alpha value is -2.57. The smallest absolute Gasteiger partial charge is 0.305 e. The fourth-order valence-electron chi connectivity index (χ4n) is 1.65. The van der Waals surface area contributed by atoms with E-state index in [0.717, 1.165) is 6.07 Å². The van der Waals surface area contributed by atoms with Gasteiger partial charge >= 0.3 is 5.69 Å². The van der Waals surface area contributed by atoms with E-state index in [9.17, 15) is 23.3 Å². The van der Waals surface area contributed by atoms with Crippen LogP contribution in [0.15, 0.2) is 36.4 Å². The number of benzene rings is 2. The molecular formula is C13H9F3N2O2. The Labute approximate surface area is 112 Å². The summed E-state index contributed by atoms with van der Waals surface area (Å²) in [6.07, 6.45) is 0. The van der Waals surface area contributed by atoms with Crippen LogP contribution in [0.3, 0.4) is 0 Å². The normalized spacial score (nSPS) is 10.3. The average Bonchev–Trinajstić information content (AvgIpc) is 2.37. The number of hydrogen-bond acceptors (Lipinski definition) is 3. The second-order valence-electron chi connectivity index (χ2n) is 4.02. The molecule has 0 saturated heterocycles. The molecule has 0 radical (unpaired) electrons. The van der Waals surface area contributed by atoms with Crippen molar-refractivity contribution >= 4 is 11.4 Å². The van der Waals surface area contributed by atoms with Gasteiger partial charge in [0.25, 0.3) is 0 Å². The highest BCUT2D eigenvalue weighted by Crippen LogP contribution is 2.22. The van der Waals surface area contributed by atoms with Gasteiger partial charge in [-0.25, -0.2) is 8.78 Å². The molecule has 1 N–H and O–H groups in total. The van der Waals surface area contributed by atoms with E-state index < -0.39 is 28.1 Å². The maximum atomic E-state index is 13.5. The van der Waals surface area contributed by atoms with Crippen molar-refractivity contribution in [2.45, 2.75) is 6.54 Å². The predicted octanol–water partition coefficient (Wildman–Crippen LogP) is 3.62. The molecule has 0 spiro atoms. The number of anilines is 1. The minimum atomic E-state index is -1.23. The van der Waals surface area contributed by atoms with Crippen LogP contribution in [-0.4, -0.2) is 4.92 Å². The predicted molar refractivity (Wildman–Crippen MR) is 66.7 cm³/mol. The summed E-state index contributed by atoms with van der Waals surface area (Å²) in [5, 5.41) is 13.3. The molecule has 0 bridgehead atoms. The molecule has 0 heterocycles. The highest BCUT2D eigenvalue weighted by molar-refractivity contribution is 5.45. The zero-order valence-electron chi connectivity index (χ0n) is 10.1. The van der Waals surface area contributed by atoms with Gasteiger partial charge in [0.15, 0.2) is 0 Å². The lowest BCUT2D eigenvalue weighted by atomic mass is 10.1. The third-order valence-electron chi connectivity index (χ3n) is 2.62. The quantitative estimate of drug-likeness (QED) is 0.688. The van der Waals surface area contributed by atoms with Crippen LogP contribution < -0.4 is 5.32 Å². The van der Waals surface area contributed by atoms with Crippen LogP contribution in [0.25, 0.3) is 0 Å². The third-order valence-corrected chi connectivity index (χ3v) is 2.62. The van der Waals surface area contributed by atoms with E-state index >= 15 is 0 Å². The molecule has 0 saturated carbocycles. The minimum absolute atomic E-state index is 0.0811. The van der Waals surface area contributed by atoms with Crippen LogP contribution in [0, 0.1) is 27.6 Å². The van der Waals surface area contributed by atoms with Crippen LogP contribution in [-0.2, 0) is 6.54 Å². The molecule has 0 fully saturated rings. The van der Waals surface area contributed by atoms with Crippen molar-refractivity contribution < 1.29 is 18.1 Å². The van der Waals surface area contributed by atoms with Gasteiger partial charge in [-0.3, -0.25) is 10.1 Å². The Morgan fingerprint density at radius 3 is 2.50 bits per heavy atom. The van der Waals surface area contributed by atoms with Gasteiger partial charge in [0.05, 0.1) is 4.92 Å².